The standard InChI is InChI=1S/C24H27N5O5S2/c1-15-17(6-5-10-25-15)33-18-12-16(35-11-7-20(30)31)13-26-21(18)27-23-28-22(29-36-23)19-14-32-24(34-19)8-3-2-4-9-24/h5-6,10,12-13,19H,2-4,7-9,11,14H2,1H3,(H,30,31)(H,26,27,28,29). The highest BCUT2D eigenvalue weighted by atomic mass is 32.2. The molecule has 3 aromatic rings. The largest absolute Gasteiger partial charge is 0.481 e. The Balaban J connectivity index is 1.32. The Bertz CT molecular complexity index is 1220. The molecule has 36 heavy (non-hydrogen) atoms. The van der Waals surface area contributed by atoms with Gasteiger partial charge in [-0.25, -0.2) is 9.97 Å². The zero-order valence-electron chi connectivity index (χ0n) is 19.8. The number of ether oxygens (including phenoxy) is 3. The van der Waals surface area contributed by atoms with E-state index in [1.807, 2.05) is 19.1 Å². The fourth-order valence-corrected chi connectivity index (χ4v) is 5.63. The van der Waals surface area contributed by atoms with E-state index in [0.29, 0.717) is 40.6 Å². The van der Waals surface area contributed by atoms with Gasteiger partial charge in [0.05, 0.1) is 18.7 Å². The van der Waals surface area contributed by atoms with E-state index in [9.17, 15) is 4.79 Å². The number of carboxylic acids is 1. The first-order valence-corrected chi connectivity index (χ1v) is 13.6. The van der Waals surface area contributed by atoms with E-state index in [1.165, 1.54) is 29.7 Å². The van der Waals surface area contributed by atoms with Gasteiger partial charge in [-0.2, -0.15) is 4.37 Å². The van der Waals surface area contributed by atoms with E-state index in [1.54, 1.807) is 18.5 Å². The molecule has 10 nitrogen and oxygen atoms in total. The average molecular weight is 530 g/mol. The van der Waals surface area contributed by atoms with Crippen LogP contribution in [0.25, 0.3) is 0 Å². The van der Waals surface area contributed by atoms with Crippen molar-refractivity contribution in [1.29, 1.82) is 0 Å². The van der Waals surface area contributed by atoms with Gasteiger partial charge >= 0.3 is 5.97 Å². The maximum Gasteiger partial charge on any atom is 0.304 e. The van der Waals surface area contributed by atoms with Crippen LogP contribution in [0.5, 0.6) is 11.5 Å². The third-order valence-electron chi connectivity index (χ3n) is 6.02. The molecule has 12 heteroatoms. The van der Waals surface area contributed by atoms with E-state index in [0.717, 1.165) is 36.3 Å². The normalized spacial score (nSPS) is 18.9. The van der Waals surface area contributed by atoms with Crippen molar-refractivity contribution in [2.75, 3.05) is 17.7 Å². The zero-order valence-corrected chi connectivity index (χ0v) is 21.4. The molecule has 1 unspecified atom stereocenters. The van der Waals surface area contributed by atoms with Crippen LogP contribution in [0.15, 0.2) is 35.5 Å². The minimum Gasteiger partial charge on any atom is -0.481 e. The summed E-state index contributed by atoms with van der Waals surface area (Å²) in [5, 5.41) is 12.7. The predicted molar refractivity (Wildman–Crippen MR) is 135 cm³/mol. The lowest BCUT2D eigenvalue weighted by Gasteiger charge is -2.31. The fourth-order valence-electron chi connectivity index (χ4n) is 4.18. The van der Waals surface area contributed by atoms with Crippen LogP contribution in [-0.2, 0) is 14.3 Å². The van der Waals surface area contributed by atoms with Crippen LogP contribution in [0.3, 0.4) is 0 Å². The van der Waals surface area contributed by atoms with Crippen LogP contribution < -0.4 is 10.1 Å². The Labute approximate surface area is 217 Å². The monoisotopic (exact) mass is 529 g/mol. The SMILES string of the molecule is Cc1ncccc1Oc1cc(SCCC(=O)O)cnc1Nc1nc(C2COC3(CCCCC3)O2)ns1. The molecule has 0 radical (unpaired) electrons. The molecule has 1 aliphatic carbocycles. The summed E-state index contributed by atoms with van der Waals surface area (Å²) in [4.78, 5) is 25.1. The Morgan fingerprint density at radius 3 is 2.97 bits per heavy atom. The number of rotatable bonds is 9. The Morgan fingerprint density at radius 2 is 2.17 bits per heavy atom. The maximum atomic E-state index is 10.9. The number of thioether (sulfide) groups is 1. The summed E-state index contributed by atoms with van der Waals surface area (Å²) in [6.45, 7) is 2.31. The summed E-state index contributed by atoms with van der Waals surface area (Å²) in [6, 6.07) is 5.46. The minimum absolute atomic E-state index is 0.0599. The first kappa shape index (κ1) is 24.9. The van der Waals surface area contributed by atoms with Crippen LogP contribution in [0.4, 0.5) is 10.9 Å². The number of anilines is 2. The number of carbonyl (C=O) groups is 1. The van der Waals surface area contributed by atoms with E-state index < -0.39 is 11.8 Å². The van der Waals surface area contributed by atoms with Crippen LogP contribution in [0.2, 0.25) is 0 Å². The second kappa shape index (κ2) is 11.1. The highest BCUT2D eigenvalue weighted by Crippen LogP contribution is 2.42. The average Bonchev–Trinajstić information content (AvgIpc) is 3.50. The first-order valence-electron chi connectivity index (χ1n) is 11.9. The van der Waals surface area contributed by atoms with Gasteiger partial charge in [-0.1, -0.05) is 6.42 Å². The van der Waals surface area contributed by atoms with Gasteiger partial charge in [-0.15, -0.1) is 11.8 Å². The molecule has 1 saturated carbocycles. The molecule has 1 spiro atoms. The van der Waals surface area contributed by atoms with Crippen molar-refractivity contribution >= 4 is 40.2 Å². The molecule has 0 amide bonds. The summed E-state index contributed by atoms with van der Waals surface area (Å²) in [7, 11) is 0. The molecule has 1 saturated heterocycles. The maximum absolute atomic E-state index is 10.9. The number of aromatic nitrogens is 4. The van der Waals surface area contributed by atoms with E-state index >= 15 is 0 Å². The highest BCUT2D eigenvalue weighted by molar-refractivity contribution is 7.99. The molecule has 2 fully saturated rings. The van der Waals surface area contributed by atoms with Gasteiger partial charge in [-0.05, 0) is 38.0 Å². The van der Waals surface area contributed by atoms with E-state index in [4.69, 9.17) is 19.3 Å². The molecule has 1 atom stereocenters. The number of hydrogen-bond donors (Lipinski definition) is 2. The van der Waals surface area contributed by atoms with Gasteiger partial charge in [0.2, 0.25) is 5.13 Å². The van der Waals surface area contributed by atoms with Gasteiger partial charge in [0.1, 0.15) is 11.9 Å². The molecule has 3 aromatic heterocycles. The topological polar surface area (TPSA) is 129 Å². The molecule has 4 heterocycles. The van der Waals surface area contributed by atoms with Gasteiger partial charge in [0, 0.05) is 47.4 Å². The minimum atomic E-state index is -0.839. The summed E-state index contributed by atoms with van der Waals surface area (Å²) in [5.74, 6) is 1.24. The Morgan fingerprint density at radius 1 is 1.31 bits per heavy atom. The zero-order chi connectivity index (χ0) is 25.0. The second-order valence-corrected chi connectivity index (χ2v) is 10.6. The van der Waals surface area contributed by atoms with Crippen LogP contribution in [0.1, 0.15) is 56.1 Å². The Hall–Kier alpha value is -2.80. The third kappa shape index (κ3) is 5.94. The summed E-state index contributed by atoms with van der Waals surface area (Å²) in [6.07, 6.45) is 8.41. The predicted octanol–water partition coefficient (Wildman–Crippen LogP) is 5.49. The van der Waals surface area contributed by atoms with Crippen molar-refractivity contribution in [2.24, 2.45) is 0 Å². The lowest BCUT2D eigenvalue weighted by Crippen LogP contribution is -2.32. The van der Waals surface area contributed by atoms with Gasteiger partial charge in [0.25, 0.3) is 0 Å². The number of nitrogens with one attached hydrogen (secondary N) is 1. The van der Waals surface area contributed by atoms with Crippen molar-refractivity contribution in [1.82, 2.24) is 19.3 Å². The quantitative estimate of drug-likeness (QED) is 0.341. The van der Waals surface area contributed by atoms with Crippen molar-refractivity contribution in [3.8, 4) is 11.5 Å². The van der Waals surface area contributed by atoms with Crippen LogP contribution in [0, 0.1) is 6.92 Å². The van der Waals surface area contributed by atoms with E-state index in [-0.39, 0.29) is 12.5 Å². The molecule has 5 rings (SSSR count). The van der Waals surface area contributed by atoms with Crippen molar-refractivity contribution in [2.45, 2.75) is 62.2 Å². The second-order valence-electron chi connectivity index (χ2n) is 8.67. The lowest BCUT2D eigenvalue weighted by molar-refractivity contribution is -0.188. The van der Waals surface area contributed by atoms with Crippen LogP contribution >= 0.6 is 23.3 Å². The number of hydrogen-bond acceptors (Lipinski definition) is 11. The molecule has 2 aliphatic rings. The number of nitrogens with zero attached hydrogens (tertiary/aromatic N) is 4. The highest BCUT2D eigenvalue weighted by Gasteiger charge is 2.44. The summed E-state index contributed by atoms with van der Waals surface area (Å²) >= 11 is 2.62. The number of carboxylic acid groups (broad SMARTS) is 1. The first-order chi connectivity index (χ1) is 17.5. The van der Waals surface area contributed by atoms with Crippen molar-refractivity contribution in [3.05, 3.63) is 42.1 Å². The van der Waals surface area contributed by atoms with Gasteiger partial charge < -0.3 is 24.6 Å². The number of aliphatic carboxylic acids is 1. The van der Waals surface area contributed by atoms with Gasteiger partial charge in [0.15, 0.2) is 23.2 Å². The smallest absolute Gasteiger partial charge is 0.304 e. The lowest BCUT2D eigenvalue weighted by atomic mass is 9.94. The van der Waals surface area contributed by atoms with Crippen molar-refractivity contribution in [3.63, 3.8) is 0 Å². The molecule has 190 valence electrons. The van der Waals surface area contributed by atoms with Gasteiger partial charge in [-0.3, -0.25) is 9.78 Å². The molecule has 1 aliphatic heterocycles. The van der Waals surface area contributed by atoms with Crippen LogP contribution in [-0.4, -0.2) is 48.5 Å². The molecule has 2 N–H and O–H groups in total. The number of pyridine rings is 2. The molecule has 0 bridgehead atoms. The Kier molecular flexibility index (Phi) is 7.65. The fraction of sp³-hybridized carbons (Fsp3) is 0.458. The summed E-state index contributed by atoms with van der Waals surface area (Å²) < 4.78 is 23.0. The summed E-state index contributed by atoms with van der Waals surface area (Å²) in [5.41, 5.74) is 0.737. The number of aryl methyl sites for hydroxylation is 1. The third-order valence-corrected chi connectivity index (χ3v) is 7.63. The van der Waals surface area contributed by atoms with E-state index in [2.05, 4.69) is 24.6 Å². The molecule has 0 aromatic carbocycles. The van der Waals surface area contributed by atoms with Crippen molar-refractivity contribution < 1.29 is 24.1 Å². The molecular formula is C24H27N5O5S2. The molecular weight excluding hydrogens is 502 g/mol.